The average Bonchev–Trinajstić information content (AvgIpc) is 3.73. The summed E-state index contributed by atoms with van der Waals surface area (Å²) >= 11 is 1.15. The Morgan fingerprint density at radius 1 is 1.14 bits per heavy atom. The largest absolute Gasteiger partial charge is 0.496 e. The minimum atomic E-state index is -1.52. The molecule has 0 radical (unpaired) electrons. The van der Waals surface area contributed by atoms with E-state index in [2.05, 4.69) is 10.2 Å². The molecule has 4 heterocycles. The number of likely N-dealkylation sites (tertiary alicyclic amines) is 1. The van der Waals surface area contributed by atoms with Crippen LogP contribution in [0.25, 0.3) is 15.2 Å². The Morgan fingerprint density at radius 3 is 2.41 bits per heavy atom. The van der Waals surface area contributed by atoms with E-state index in [0.717, 1.165) is 28.7 Å². The number of aromatic nitrogens is 5. The van der Waals surface area contributed by atoms with Gasteiger partial charge in [0.1, 0.15) is 33.0 Å². The van der Waals surface area contributed by atoms with Crippen LogP contribution in [0.15, 0.2) is 40.2 Å². The molecular weight excluding hydrogens is 591 g/mol. The van der Waals surface area contributed by atoms with Crippen LogP contribution in [-0.2, 0) is 21.6 Å². The molecule has 1 aliphatic rings. The second-order valence-corrected chi connectivity index (χ2v) is 13.1. The van der Waals surface area contributed by atoms with E-state index >= 15 is 0 Å². The molecule has 1 atom stereocenters. The van der Waals surface area contributed by atoms with Crippen molar-refractivity contribution in [3.8, 4) is 10.8 Å². The van der Waals surface area contributed by atoms with Crippen molar-refractivity contribution in [1.29, 1.82) is 0 Å². The molecule has 1 aromatic carbocycles. The molecule has 0 saturated carbocycles. The van der Waals surface area contributed by atoms with Crippen molar-refractivity contribution in [2.24, 2.45) is 0 Å². The molecule has 3 aromatic heterocycles. The molecule has 1 amide bonds. The first-order valence-electron chi connectivity index (χ1n) is 14.4. The summed E-state index contributed by atoms with van der Waals surface area (Å²) < 4.78 is 28.6. The van der Waals surface area contributed by atoms with E-state index < -0.39 is 34.3 Å². The van der Waals surface area contributed by atoms with Gasteiger partial charge in [-0.2, -0.15) is 10.2 Å². The molecular formula is C30H37FN6O6S. The number of amides is 1. The summed E-state index contributed by atoms with van der Waals surface area (Å²) in [5, 5.41) is 19.7. The van der Waals surface area contributed by atoms with E-state index in [9.17, 15) is 23.9 Å². The maximum Gasteiger partial charge on any atom is 0.333 e. The lowest BCUT2D eigenvalue weighted by Gasteiger charge is -2.31. The summed E-state index contributed by atoms with van der Waals surface area (Å²) in [7, 11) is 1.44. The second kappa shape index (κ2) is 11.9. The van der Waals surface area contributed by atoms with Crippen LogP contribution in [0.3, 0.4) is 0 Å². The second-order valence-electron chi connectivity index (χ2n) is 12.1. The van der Waals surface area contributed by atoms with E-state index in [-0.39, 0.29) is 24.4 Å². The van der Waals surface area contributed by atoms with E-state index in [1.165, 1.54) is 47.1 Å². The van der Waals surface area contributed by atoms with Crippen LogP contribution < -0.4 is 16.0 Å². The van der Waals surface area contributed by atoms with Crippen molar-refractivity contribution < 1.29 is 23.8 Å². The Hall–Kier alpha value is -3.88. The van der Waals surface area contributed by atoms with Gasteiger partial charge in [-0.15, -0.1) is 4.80 Å². The maximum atomic E-state index is 14.6. The summed E-state index contributed by atoms with van der Waals surface area (Å²) in [5.74, 6) is -0.557. The minimum Gasteiger partial charge on any atom is -0.496 e. The number of nitrogens with zero attached hydrogens (tertiary/aromatic N) is 6. The third kappa shape index (κ3) is 5.81. The van der Waals surface area contributed by atoms with E-state index in [4.69, 9.17) is 9.47 Å². The number of benzene rings is 1. The number of methoxy groups -OCH3 is 1. The molecule has 1 aliphatic heterocycles. The Balaban J connectivity index is 1.77. The van der Waals surface area contributed by atoms with Crippen molar-refractivity contribution in [3.63, 3.8) is 0 Å². The lowest BCUT2D eigenvalue weighted by Crippen LogP contribution is -2.56. The van der Waals surface area contributed by atoms with Crippen molar-refractivity contribution in [2.45, 2.75) is 71.2 Å². The Bertz CT molecular complexity index is 1800. The zero-order valence-electron chi connectivity index (χ0n) is 25.7. The van der Waals surface area contributed by atoms with Gasteiger partial charge in [-0.05, 0) is 65.7 Å². The monoisotopic (exact) mass is 628 g/mol. The molecule has 44 heavy (non-hydrogen) atoms. The molecule has 1 fully saturated rings. The fraction of sp³-hybridized carbons (Fsp3) is 0.500. The SMILES string of the molecule is COc1ccc(F)cc1[C@H](Cn1c(=O)n(C(C)(C)C(=O)N2CCCC2)c(=O)c2c(C)c(-n3nccn3)sc21)OCC(C)(C)O. The number of carbonyl (C=O) groups excluding carboxylic acids is 1. The molecule has 1 N–H and O–H groups in total. The fourth-order valence-corrected chi connectivity index (χ4v) is 6.79. The van der Waals surface area contributed by atoms with E-state index in [0.29, 0.717) is 39.8 Å². The van der Waals surface area contributed by atoms with Crippen LogP contribution >= 0.6 is 11.3 Å². The quantitative estimate of drug-likeness (QED) is 0.283. The van der Waals surface area contributed by atoms with Crippen LogP contribution in [0.2, 0.25) is 0 Å². The van der Waals surface area contributed by atoms with Crippen LogP contribution in [-0.4, -0.2) is 72.4 Å². The van der Waals surface area contributed by atoms with Gasteiger partial charge >= 0.3 is 5.69 Å². The predicted molar refractivity (Wildman–Crippen MR) is 163 cm³/mol. The van der Waals surface area contributed by atoms with Crippen molar-refractivity contribution in [1.82, 2.24) is 29.0 Å². The third-order valence-corrected chi connectivity index (χ3v) is 9.07. The molecule has 0 aliphatic carbocycles. The molecule has 236 valence electrons. The zero-order chi connectivity index (χ0) is 32.0. The van der Waals surface area contributed by atoms with Gasteiger partial charge < -0.3 is 19.5 Å². The highest BCUT2D eigenvalue weighted by atomic mass is 32.1. The summed E-state index contributed by atoms with van der Waals surface area (Å²) in [5.41, 5.74) is -3.26. The highest BCUT2D eigenvalue weighted by Crippen LogP contribution is 2.35. The van der Waals surface area contributed by atoms with Crippen LogP contribution in [0.5, 0.6) is 5.75 Å². The van der Waals surface area contributed by atoms with Crippen LogP contribution in [0, 0.1) is 12.7 Å². The number of thiophene rings is 1. The van der Waals surface area contributed by atoms with Crippen molar-refractivity contribution in [2.75, 3.05) is 26.8 Å². The topological polar surface area (TPSA) is 134 Å². The molecule has 5 rings (SSSR count). The smallest absolute Gasteiger partial charge is 0.333 e. The molecule has 14 heteroatoms. The number of aliphatic hydroxyl groups is 1. The highest BCUT2D eigenvalue weighted by molar-refractivity contribution is 7.21. The Kier molecular flexibility index (Phi) is 8.53. The summed E-state index contributed by atoms with van der Waals surface area (Å²) in [6.45, 7) is 8.77. The van der Waals surface area contributed by atoms with Crippen LogP contribution in [0.4, 0.5) is 4.39 Å². The first kappa shape index (κ1) is 31.5. The first-order valence-corrected chi connectivity index (χ1v) is 15.2. The summed E-state index contributed by atoms with van der Waals surface area (Å²) in [6.07, 6.45) is 3.71. The lowest BCUT2D eigenvalue weighted by molar-refractivity contribution is -0.138. The van der Waals surface area contributed by atoms with Gasteiger partial charge in [0.05, 0.1) is 43.6 Å². The van der Waals surface area contributed by atoms with Gasteiger partial charge in [0.2, 0.25) is 5.91 Å². The number of hydrogen-bond donors (Lipinski definition) is 1. The number of rotatable bonds is 10. The summed E-state index contributed by atoms with van der Waals surface area (Å²) in [6, 6.07) is 3.96. The molecule has 0 bridgehead atoms. The van der Waals surface area contributed by atoms with Crippen molar-refractivity contribution in [3.05, 3.63) is 68.4 Å². The lowest BCUT2D eigenvalue weighted by atomic mass is 10.0. The number of aryl methyl sites for hydroxylation is 1. The maximum absolute atomic E-state index is 14.6. The molecule has 1 saturated heterocycles. The van der Waals surface area contributed by atoms with Gasteiger partial charge in [0, 0.05) is 24.2 Å². The normalized spacial score (nSPS) is 14.9. The highest BCUT2D eigenvalue weighted by Gasteiger charge is 2.39. The number of carbonyl (C=O) groups is 1. The van der Waals surface area contributed by atoms with Gasteiger partial charge in [0.15, 0.2) is 0 Å². The molecule has 4 aromatic rings. The van der Waals surface area contributed by atoms with Gasteiger partial charge in [-0.25, -0.2) is 13.8 Å². The summed E-state index contributed by atoms with van der Waals surface area (Å²) in [4.78, 5) is 45.8. The number of hydrogen-bond acceptors (Lipinski definition) is 9. The standard InChI is InChI=1S/C30H37FN6O6S/c1-18-23-24(38)36(30(4,5)27(39)34-13-7-8-14-34)28(40)35(26(23)44-25(18)37-32-11-12-33-37)16-22(43-17-29(2,3)41)20-15-19(31)9-10-21(20)42-6/h9-12,15,22,41H,7-8,13-14,16-17H2,1-6H3/t22-/m0/s1. The van der Waals surface area contributed by atoms with Gasteiger partial charge in [-0.3, -0.25) is 14.2 Å². The minimum absolute atomic E-state index is 0.153. The Labute approximate surface area is 257 Å². The molecule has 0 spiro atoms. The fourth-order valence-electron chi connectivity index (χ4n) is 5.57. The number of ether oxygens (including phenoxy) is 2. The number of halogens is 1. The first-order chi connectivity index (χ1) is 20.7. The molecule has 0 unspecified atom stereocenters. The third-order valence-electron chi connectivity index (χ3n) is 7.79. The average molecular weight is 629 g/mol. The van der Waals surface area contributed by atoms with E-state index in [1.54, 1.807) is 39.5 Å². The van der Waals surface area contributed by atoms with E-state index in [1.807, 2.05) is 0 Å². The van der Waals surface area contributed by atoms with Gasteiger partial charge in [-0.1, -0.05) is 11.3 Å². The Morgan fingerprint density at radius 2 is 1.80 bits per heavy atom. The van der Waals surface area contributed by atoms with Crippen LogP contribution in [0.1, 0.15) is 57.8 Å². The van der Waals surface area contributed by atoms with Gasteiger partial charge in [0.25, 0.3) is 5.56 Å². The van der Waals surface area contributed by atoms with Crippen molar-refractivity contribution >= 4 is 27.5 Å². The molecule has 12 nitrogen and oxygen atoms in total. The number of fused-ring (bicyclic) bond motifs is 1. The zero-order valence-corrected chi connectivity index (χ0v) is 26.5. The predicted octanol–water partition coefficient (Wildman–Crippen LogP) is 3.15.